The molecule has 2 aromatic heterocycles. The molecule has 0 fully saturated rings. The van der Waals surface area contributed by atoms with Crippen LogP contribution in [-0.2, 0) is 12.8 Å². The van der Waals surface area contributed by atoms with Crippen LogP contribution in [0.5, 0.6) is 0 Å². The molecule has 0 saturated carbocycles. The highest BCUT2D eigenvalue weighted by molar-refractivity contribution is 9.10. The van der Waals surface area contributed by atoms with Gasteiger partial charge < -0.3 is 8.98 Å². The molecule has 0 N–H and O–H groups in total. The van der Waals surface area contributed by atoms with E-state index in [0.717, 1.165) is 21.2 Å². The standard InChI is InChI=1S/C14H11Br2N3OS/c1-19-13(11-6-7-12(16)20-11)17-18-14(19)21-8-9-2-4-10(15)5-3-9/h2-7H,8H2,1H3. The molecule has 2 heterocycles. The summed E-state index contributed by atoms with van der Waals surface area (Å²) in [4.78, 5) is 0. The number of thioether (sulfide) groups is 1. The van der Waals surface area contributed by atoms with Crippen LogP contribution in [-0.4, -0.2) is 14.8 Å². The van der Waals surface area contributed by atoms with Gasteiger partial charge in [0.1, 0.15) is 0 Å². The van der Waals surface area contributed by atoms with Crippen molar-refractivity contribution < 1.29 is 4.42 Å². The fraction of sp³-hybridized carbons (Fsp3) is 0.143. The first-order chi connectivity index (χ1) is 10.1. The zero-order chi connectivity index (χ0) is 14.8. The smallest absolute Gasteiger partial charge is 0.200 e. The largest absolute Gasteiger partial charge is 0.446 e. The SMILES string of the molecule is Cn1c(SCc2ccc(Br)cc2)nnc1-c1ccc(Br)o1. The summed E-state index contributed by atoms with van der Waals surface area (Å²) in [6, 6.07) is 12.0. The zero-order valence-electron chi connectivity index (χ0n) is 11.1. The molecule has 7 heteroatoms. The summed E-state index contributed by atoms with van der Waals surface area (Å²) in [5, 5.41) is 9.28. The van der Waals surface area contributed by atoms with Crippen molar-refractivity contribution in [2.24, 2.45) is 7.05 Å². The summed E-state index contributed by atoms with van der Waals surface area (Å²) in [6.45, 7) is 0. The number of rotatable bonds is 4. The minimum absolute atomic E-state index is 0.685. The highest BCUT2D eigenvalue weighted by atomic mass is 79.9. The van der Waals surface area contributed by atoms with Crippen LogP contribution in [0.2, 0.25) is 0 Å². The molecule has 21 heavy (non-hydrogen) atoms. The third kappa shape index (κ3) is 3.41. The zero-order valence-corrected chi connectivity index (χ0v) is 15.1. The van der Waals surface area contributed by atoms with Crippen molar-refractivity contribution in [2.75, 3.05) is 0 Å². The van der Waals surface area contributed by atoms with Gasteiger partial charge in [-0.15, -0.1) is 10.2 Å². The van der Waals surface area contributed by atoms with E-state index in [0.29, 0.717) is 10.4 Å². The molecule has 3 aromatic rings. The van der Waals surface area contributed by atoms with Crippen LogP contribution in [0.25, 0.3) is 11.6 Å². The number of aromatic nitrogens is 3. The Morgan fingerprint density at radius 2 is 1.86 bits per heavy atom. The Bertz CT molecular complexity index is 752. The molecule has 0 spiro atoms. The molecular weight excluding hydrogens is 418 g/mol. The fourth-order valence-corrected chi connectivity index (χ4v) is 3.26. The van der Waals surface area contributed by atoms with Crippen LogP contribution >= 0.6 is 43.6 Å². The van der Waals surface area contributed by atoms with Crippen molar-refractivity contribution in [1.82, 2.24) is 14.8 Å². The van der Waals surface area contributed by atoms with Crippen LogP contribution in [0.3, 0.4) is 0 Å². The van der Waals surface area contributed by atoms with Crippen molar-refractivity contribution in [3.05, 3.63) is 51.1 Å². The Morgan fingerprint density at radius 3 is 2.52 bits per heavy atom. The highest BCUT2D eigenvalue weighted by Crippen LogP contribution is 2.27. The lowest BCUT2D eigenvalue weighted by Crippen LogP contribution is -1.94. The van der Waals surface area contributed by atoms with E-state index >= 15 is 0 Å². The molecular formula is C14H11Br2N3OS. The van der Waals surface area contributed by atoms with E-state index in [9.17, 15) is 0 Å². The molecule has 0 unspecified atom stereocenters. The highest BCUT2D eigenvalue weighted by Gasteiger charge is 2.14. The lowest BCUT2D eigenvalue weighted by molar-refractivity contribution is 0.547. The van der Waals surface area contributed by atoms with Gasteiger partial charge in [-0.1, -0.05) is 39.8 Å². The number of nitrogens with zero attached hydrogens (tertiary/aromatic N) is 3. The molecule has 1 aromatic carbocycles. The van der Waals surface area contributed by atoms with Gasteiger partial charge in [-0.05, 0) is 45.8 Å². The predicted molar refractivity (Wildman–Crippen MR) is 90.1 cm³/mol. The van der Waals surface area contributed by atoms with Gasteiger partial charge in [0, 0.05) is 17.3 Å². The predicted octanol–water partition coefficient (Wildman–Crippen LogP) is 4.89. The summed E-state index contributed by atoms with van der Waals surface area (Å²) >= 11 is 8.38. The van der Waals surface area contributed by atoms with Gasteiger partial charge >= 0.3 is 0 Å². The number of furan rings is 1. The maximum atomic E-state index is 5.52. The molecule has 3 rings (SSSR count). The second kappa shape index (κ2) is 6.37. The normalized spacial score (nSPS) is 11.0. The quantitative estimate of drug-likeness (QED) is 0.554. The van der Waals surface area contributed by atoms with E-state index in [4.69, 9.17) is 4.42 Å². The van der Waals surface area contributed by atoms with Crippen LogP contribution < -0.4 is 0 Å². The average molecular weight is 429 g/mol. The topological polar surface area (TPSA) is 43.9 Å². The van der Waals surface area contributed by atoms with Gasteiger partial charge in [0.2, 0.25) is 0 Å². The minimum atomic E-state index is 0.685. The lowest BCUT2D eigenvalue weighted by Gasteiger charge is -2.03. The molecule has 0 bridgehead atoms. The summed E-state index contributed by atoms with van der Waals surface area (Å²) < 4.78 is 9.23. The monoisotopic (exact) mass is 427 g/mol. The molecule has 0 saturated heterocycles. The average Bonchev–Trinajstić information content (AvgIpc) is 3.05. The van der Waals surface area contributed by atoms with Crippen LogP contribution in [0.15, 0.2) is 55.1 Å². The summed E-state index contributed by atoms with van der Waals surface area (Å²) in [5.41, 5.74) is 1.24. The van der Waals surface area contributed by atoms with Gasteiger partial charge in [0.25, 0.3) is 0 Å². The van der Waals surface area contributed by atoms with Crippen LogP contribution in [0, 0.1) is 0 Å². The third-order valence-corrected chi connectivity index (χ3v) is 4.96. The van der Waals surface area contributed by atoms with E-state index in [1.165, 1.54) is 5.56 Å². The maximum absolute atomic E-state index is 5.52. The second-order valence-corrected chi connectivity index (χ2v) is 7.02. The number of halogens is 2. The Kier molecular flexibility index (Phi) is 4.51. The third-order valence-electron chi connectivity index (χ3n) is 2.91. The van der Waals surface area contributed by atoms with Gasteiger partial charge in [-0.25, -0.2) is 0 Å². The van der Waals surface area contributed by atoms with E-state index in [1.807, 2.05) is 35.9 Å². The fourth-order valence-electron chi connectivity index (χ4n) is 1.82. The summed E-state index contributed by atoms with van der Waals surface area (Å²) in [5.74, 6) is 2.27. The molecule has 4 nitrogen and oxygen atoms in total. The molecule has 0 atom stereocenters. The van der Waals surface area contributed by atoms with Crippen molar-refractivity contribution in [3.8, 4) is 11.6 Å². The first-order valence-corrected chi connectivity index (χ1v) is 8.73. The van der Waals surface area contributed by atoms with E-state index < -0.39 is 0 Å². The first kappa shape index (κ1) is 14.9. The number of hydrogen-bond donors (Lipinski definition) is 0. The maximum Gasteiger partial charge on any atom is 0.200 e. The molecule has 0 aliphatic rings. The molecule has 0 amide bonds. The minimum Gasteiger partial charge on any atom is -0.446 e. The Labute approximate surface area is 143 Å². The summed E-state index contributed by atoms with van der Waals surface area (Å²) in [7, 11) is 1.94. The van der Waals surface area contributed by atoms with Gasteiger partial charge in [0.05, 0.1) is 0 Å². The lowest BCUT2D eigenvalue weighted by atomic mass is 10.2. The first-order valence-electron chi connectivity index (χ1n) is 6.16. The molecule has 108 valence electrons. The Balaban J connectivity index is 1.75. The van der Waals surface area contributed by atoms with E-state index in [2.05, 4.69) is 54.2 Å². The molecule has 0 radical (unpaired) electrons. The van der Waals surface area contributed by atoms with E-state index in [-0.39, 0.29) is 0 Å². The molecule has 0 aliphatic heterocycles. The second-order valence-electron chi connectivity index (χ2n) is 4.38. The van der Waals surface area contributed by atoms with Crippen molar-refractivity contribution in [2.45, 2.75) is 10.9 Å². The Morgan fingerprint density at radius 1 is 1.10 bits per heavy atom. The summed E-state index contributed by atoms with van der Waals surface area (Å²) in [6.07, 6.45) is 0. The van der Waals surface area contributed by atoms with Gasteiger partial charge in [-0.2, -0.15) is 0 Å². The number of benzene rings is 1. The number of hydrogen-bond acceptors (Lipinski definition) is 4. The van der Waals surface area contributed by atoms with E-state index in [1.54, 1.807) is 11.8 Å². The Hall–Kier alpha value is -1.05. The van der Waals surface area contributed by atoms with Gasteiger partial charge in [0.15, 0.2) is 21.4 Å². The molecule has 0 aliphatic carbocycles. The van der Waals surface area contributed by atoms with Crippen LogP contribution in [0.4, 0.5) is 0 Å². The van der Waals surface area contributed by atoms with Crippen molar-refractivity contribution >= 4 is 43.6 Å². The van der Waals surface area contributed by atoms with Crippen molar-refractivity contribution in [3.63, 3.8) is 0 Å². The van der Waals surface area contributed by atoms with Crippen LogP contribution in [0.1, 0.15) is 5.56 Å². The van der Waals surface area contributed by atoms with Crippen molar-refractivity contribution in [1.29, 1.82) is 0 Å². The van der Waals surface area contributed by atoms with Gasteiger partial charge in [-0.3, -0.25) is 0 Å².